The van der Waals surface area contributed by atoms with Crippen molar-refractivity contribution in [3.05, 3.63) is 52.1 Å². The van der Waals surface area contributed by atoms with Crippen LogP contribution in [0.15, 0.2) is 40.5 Å². The first-order valence-electron chi connectivity index (χ1n) is 8.14. The Labute approximate surface area is 150 Å². The van der Waals surface area contributed by atoms with Crippen LogP contribution in [-0.4, -0.2) is 52.9 Å². The van der Waals surface area contributed by atoms with Gasteiger partial charge in [-0.15, -0.1) is 11.3 Å². The molecule has 3 rings (SSSR count). The van der Waals surface area contributed by atoms with Crippen LogP contribution in [0.3, 0.4) is 0 Å². The van der Waals surface area contributed by atoms with Crippen LogP contribution in [0.4, 0.5) is 0 Å². The largest absolute Gasteiger partial charge is 0.472 e. The maximum absolute atomic E-state index is 12.4. The van der Waals surface area contributed by atoms with Gasteiger partial charge in [-0.05, 0) is 35.6 Å². The van der Waals surface area contributed by atoms with Gasteiger partial charge in [0.2, 0.25) is 5.91 Å². The van der Waals surface area contributed by atoms with Crippen molar-refractivity contribution in [3.63, 3.8) is 0 Å². The van der Waals surface area contributed by atoms with Crippen molar-refractivity contribution in [1.82, 2.24) is 9.80 Å². The van der Waals surface area contributed by atoms with E-state index in [0.717, 1.165) is 16.9 Å². The molecule has 2 aromatic heterocycles. The third-order valence-electron chi connectivity index (χ3n) is 4.11. The van der Waals surface area contributed by atoms with E-state index >= 15 is 0 Å². The normalized spacial score (nSPS) is 15.6. The van der Waals surface area contributed by atoms with E-state index in [1.54, 1.807) is 28.0 Å². The minimum absolute atomic E-state index is 0.00490. The summed E-state index contributed by atoms with van der Waals surface area (Å²) in [7, 11) is 0. The number of carbonyl (C=O) groups is 2. The van der Waals surface area contributed by atoms with Crippen LogP contribution in [-0.2, 0) is 11.4 Å². The number of aliphatic hydroxyl groups excluding tert-OH is 1. The van der Waals surface area contributed by atoms with Crippen molar-refractivity contribution in [1.29, 1.82) is 0 Å². The Hall–Kier alpha value is -2.38. The number of hydrogen-bond donors (Lipinski definition) is 1. The van der Waals surface area contributed by atoms with Crippen molar-refractivity contribution >= 4 is 29.2 Å². The van der Waals surface area contributed by atoms with Crippen molar-refractivity contribution in [2.24, 2.45) is 0 Å². The van der Waals surface area contributed by atoms with Crippen molar-refractivity contribution < 1.29 is 19.1 Å². The second-order valence-corrected chi connectivity index (χ2v) is 6.77. The fourth-order valence-corrected chi connectivity index (χ4v) is 3.53. The minimum Gasteiger partial charge on any atom is -0.472 e. The summed E-state index contributed by atoms with van der Waals surface area (Å²) in [5.41, 5.74) is 1.39. The lowest BCUT2D eigenvalue weighted by Crippen LogP contribution is -2.36. The molecule has 0 spiro atoms. The topological polar surface area (TPSA) is 74.0 Å². The first kappa shape index (κ1) is 17.4. The molecule has 0 aliphatic carbocycles. The highest BCUT2D eigenvalue weighted by atomic mass is 32.1. The Morgan fingerprint density at radius 1 is 1.24 bits per heavy atom. The smallest absolute Gasteiger partial charge is 0.257 e. The minimum atomic E-state index is -0.0614. The number of rotatable bonds is 4. The molecule has 0 unspecified atom stereocenters. The zero-order chi connectivity index (χ0) is 17.6. The molecular weight excluding hydrogens is 340 g/mol. The molecule has 0 radical (unpaired) electrons. The summed E-state index contributed by atoms with van der Waals surface area (Å²) in [6.07, 6.45) is 7.00. The maximum Gasteiger partial charge on any atom is 0.257 e. The second kappa shape index (κ2) is 8.13. The standard InChI is InChI=1S/C18H20N2O4S/c21-11-14-10-16(25-13-14)2-3-17(22)19-5-1-6-20(8-7-19)18(23)15-4-9-24-12-15/h2-4,9-10,12-13,21H,1,5-8,11H2. The molecule has 3 heterocycles. The van der Waals surface area contributed by atoms with Gasteiger partial charge in [-0.25, -0.2) is 0 Å². The average molecular weight is 360 g/mol. The van der Waals surface area contributed by atoms with E-state index in [4.69, 9.17) is 9.52 Å². The molecule has 1 aliphatic rings. The van der Waals surface area contributed by atoms with Gasteiger partial charge >= 0.3 is 0 Å². The van der Waals surface area contributed by atoms with Gasteiger partial charge in [0, 0.05) is 37.1 Å². The number of hydrogen-bond acceptors (Lipinski definition) is 5. The van der Waals surface area contributed by atoms with Gasteiger partial charge in [0.15, 0.2) is 0 Å². The van der Waals surface area contributed by atoms with Crippen LogP contribution in [0.25, 0.3) is 6.08 Å². The SMILES string of the molecule is O=C(C=Cc1cc(CO)cs1)N1CCCN(C(=O)c2ccoc2)CC1. The van der Waals surface area contributed by atoms with E-state index in [9.17, 15) is 9.59 Å². The van der Waals surface area contributed by atoms with Crippen molar-refractivity contribution in [3.8, 4) is 0 Å². The highest BCUT2D eigenvalue weighted by molar-refractivity contribution is 7.11. The van der Waals surface area contributed by atoms with Gasteiger partial charge in [0.1, 0.15) is 6.26 Å². The monoisotopic (exact) mass is 360 g/mol. The van der Waals surface area contributed by atoms with Gasteiger partial charge in [0.25, 0.3) is 5.91 Å². The number of thiophene rings is 1. The number of furan rings is 1. The van der Waals surface area contributed by atoms with Gasteiger partial charge in [-0.1, -0.05) is 0 Å². The van der Waals surface area contributed by atoms with Crippen LogP contribution < -0.4 is 0 Å². The highest BCUT2D eigenvalue weighted by Gasteiger charge is 2.22. The summed E-state index contributed by atoms with van der Waals surface area (Å²) in [6.45, 7) is 2.29. The molecule has 7 heteroatoms. The fourth-order valence-electron chi connectivity index (χ4n) is 2.73. The van der Waals surface area contributed by atoms with Crippen LogP contribution >= 0.6 is 11.3 Å². The van der Waals surface area contributed by atoms with Gasteiger partial charge in [-0.2, -0.15) is 0 Å². The fraction of sp³-hybridized carbons (Fsp3) is 0.333. The second-order valence-electron chi connectivity index (χ2n) is 5.83. The first-order chi connectivity index (χ1) is 12.2. The lowest BCUT2D eigenvalue weighted by molar-refractivity contribution is -0.125. The van der Waals surface area contributed by atoms with Crippen LogP contribution in [0.1, 0.15) is 27.2 Å². The maximum atomic E-state index is 12.4. The summed E-state index contributed by atoms with van der Waals surface area (Å²) in [5.74, 6) is -0.120. The third-order valence-corrected chi connectivity index (χ3v) is 5.06. The molecular formula is C18H20N2O4S. The lowest BCUT2D eigenvalue weighted by Gasteiger charge is -2.20. The Morgan fingerprint density at radius 2 is 2.04 bits per heavy atom. The van der Waals surface area contributed by atoms with Crippen molar-refractivity contribution in [2.75, 3.05) is 26.2 Å². The summed E-state index contributed by atoms with van der Waals surface area (Å²) in [4.78, 5) is 29.2. The molecule has 2 aromatic rings. The number of amides is 2. The molecule has 2 amide bonds. The van der Waals surface area contributed by atoms with E-state index < -0.39 is 0 Å². The lowest BCUT2D eigenvalue weighted by atomic mass is 10.3. The molecule has 1 fully saturated rings. The summed E-state index contributed by atoms with van der Waals surface area (Å²) >= 11 is 1.49. The van der Waals surface area contributed by atoms with Crippen LogP contribution in [0.5, 0.6) is 0 Å². The number of carbonyl (C=O) groups excluding carboxylic acids is 2. The van der Waals surface area contributed by atoms with Gasteiger partial charge in [0.05, 0.1) is 18.4 Å². The van der Waals surface area contributed by atoms with Crippen LogP contribution in [0.2, 0.25) is 0 Å². The zero-order valence-electron chi connectivity index (χ0n) is 13.8. The Bertz CT molecular complexity index is 751. The molecule has 6 nitrogen and oxygen atoms in total. The summed E-state index contributed by atoms with van der Waals surface area (Å²) < 4.78 is 4.97. The van der Waals surface area contributed by atoms with Crippen LogP contribution in [0, 0.1) is 0 Å². The first-order valence-corrected chi connectivity index (χ1v) is 9.02. The predicted octanol–water partition coefficient (Wildman–Crippen LogP) is 2.22. The summed E-state index contributed by atoms with van der Waals surface area (Å²) in [5, 5.41) is 10.9. The quantitative estimate of drug-likeness (QED) is 0.849. The molecule has 0 aromatic carbocycles. The highest BCUT2D eigenvalue weighted by Crippen LogP contribution is 2.16. The Kier molecular flexibility index (Phi) is 5.67. The molecule has 132 valence electrons. The van der Waals surface area contributed by atoms with E-state index in [1.807, 2.05) is 11.4 Å². The Balaban J connectivity index is 1.57. The summed E-state index contributed by atoms with van der Waals surface area (Å²) in [6, 6.07) is 3.52. The zero-order valence-corrected chi connectivity index (χ0v) is 14.6. The average Bonchev–Trinajstić information content (AvgIpc) is 3.26. The van der Waals surface area contributed by atoms with Gasteiger partial charge < -0.3 is 19.3 Å². The molecule has 1 saturated heterocycles. The molecule has 0 bridgehead atoms. The van der Waals surface area contributed by atoms with Crippen molar-refractivity contribution in [2.45, 2.75) is 13.0 Å². The molecule has 1 aliphatic heterocycles. The Morgan fingerprint density at radius 3 is 2.76 bits per heavy atom. The predicted molar refractivity (Wildman–Crippen MR) is 95.1 cm³/mol. The molecule has 0 atom stereocenters. The van der Waals surface area contributed by atoms with Gasteiger partial charge in [-0.3, -0.25) is 9.59 Å². The number of nitrogens with zero attached hydrogens (tertiary/aromatic N) is 2. The molecule has 1 N–H and O–H groups in total. The van der Waals surface area contributed by atoms with E-state index in [-0.39, 0.29) is 18.4 Å². The third kappa shape index (κ3) is 4.37. The van der Waals surface area contributed by atoms with E-state index in [2.05, 4.69) is 0 Å². The van der Waals surface area contributed by atoms with E-state index in [0.29, 0.717) is 31.7 Å². The van der Waals surface area contributed by atoms with E-state index in [1.165, 1.54) is 23.9 Å². The molecule has 0 saturated carbocycles. The number of aliphatic hydroxyl groups is 1. The molecule has 25 heavy (non-hydrogen) atoms.